The van der Waals surface area contributed by atoms with Gasteiger partial charge in [-0.15, -0.1) is 0 Å². The molecule has 0 aromatic heterocycles. The second kappa shape index (κ2) is 6.91. The Kier molecular flexibility index (Phi) is 4.65. The molecule has 0 fully saturated rings. The van der Waals surface area contributed by atoms with Crippen LogP contribution in [0.1, 0.15) is 34.1 Å². The summed E-state index contributed by atoms with van der Waals surface area (Å²) in [5.41, 5.74) is 3.07. The molecule has 0 heterocycles. The van der Waals surface area contributed by atoms with Gasteiger partial charge in [0, 0.05) is 12.0 Å². The van der Waals surface area contributed by atoms with Crippen LogP contribution in [0.3, 0.4) is 0 Å². The van der Waals surface area contributed by atoms with Crippen molar-refractivity contribution in [3.05, 3.63) is 82.5 Å². The van der Waals surface area contributed by atoms with Gasteiger partial charge in [-0.3, -0.25) is 14.4 Å². The lowest BCUT2D eigenvalue weighted by molar-refractivity contribution is -0.126. The number of fused-ring (bicyclic) bond motifs is 1. The van der Waals surface area contributed by atoms with Gasteiger partial charge < -0.3 is 0 Å². The molecule has 0 aromatic carbocycles. The number of hydrogen-bond donors (Lipinski definition) is 0. The summed E-state index contributed by atoms with van der Waals surface area (Å²) in [4.78, 5) is 37.9. The van der Waals surface area contributed by atoms with E-state index in [1.807, 2.05) is 18.2 Å². The van der Waals surface area contributed by atoms with Crippen molar-refractivity contribution in [1.82, 2.24) is 0 Å². The Balaban J connectivity index is 1.83. The maximum atomic E-state index is 13.2. The number of Topliss-reactive ketones (excluding diaryl/α,β-unsaturated/α-hetero) is 1. The molecule has 0 bridgehead atoms. The second-order valence-corrected chi connectivity index (χ2v) is 8.80. The topological polar surface area (TPSA) is 51.2 Å². The van der Waals surface area contributed by atoms with E-state index in [0.717, 1.165) is 16.7 Å². The first-order valence-corrected chi connectivity index (χ1v) is 10.3. The van der Waals surface area contributed by atoms with Crippen LogP contribution >= 0.6 is 0 Å². The summed E-state index contributed by atoms with van der Waals surface area (Å²) < 4.78 is 0. The quantitative estimate of drug-likeness (QED) is 0.652. The molecule has 3 heteroatoms. The average Bonchev–Trinajstić information content (AvgIpc) is 3.07. The highest BCUT2D eigenvalue weighted by atomic mass is 16.1. The first-order chi connectivity index (χ1) is 13.8. The summed E-state index contributed by atoms with van der Waals surface area (Å²) in [6.45, 7) is 8.74. The molecule has 148 valence electrons. The highest BCUT2D eigenvalue weighted by molar-refractivity contribution is 6.18. The smallest absolute Gasteiger partial charge is 0.179 e. The molecule has 1 spiro atoms. The summed E-state index contributed by atoms with van der Waals surface area (Å²) >= 11 is 0. The van der Waals surface area contributed by atoms with Gasteiger partial charge in [0.2, 0.25) is 0 Å². The van der Waals surface area contributed by atoms with Crippen LogP contribution in [0.15, 0.2) is 82.5 Å². The summed E-state index contributed by atoms with van der Waals surface area (Å²) in [6.07, 6.45) is 16.6. The van der Waals surface area contributed by atoms with E-state index in [4.69, 9.17) is 0 Å². The van der Waals surface area contributed by atoms with Crippen molar-refractivity contribution < 1.29 is 14.4 Å². The van der Waals surface area contributed by atoms with E-state index in [1.54, 1.807) is 12.2 Å². The largest absolute Gasteiger partial charge is 0.294 e. The van der Waals surface area contributed by atoms with Gasteiger partial charge in [-0.05, 0) is 58.3 Å². The van der Waals surface area contributed by atoms with Crippen LogP contribution in [0.4, 0.5) is 0 Å². The van der Waals surface area contributed by atoms with Crippen LogP contribution in [0.25, 0.3) is 0 Å². The van der Waals surface area contributed by atoms with Crippen molar-refractivity contribution in [2.45, 2.75) is 34.1 Å². The van der Waals surface area contributed by atoms with E-state index < -0.39 is 5.41 Å². The first kappa shape index (κ1) is 19.5. The molecule has 4 aliphatic rings. The molecule has 0 amide bonds. The third kappa shape index (κ3) is 2.91. The Morgan fingerprint density at radius 1 is 0.862 bits per heavy atom. The molecule has 4 rings (SSSR count). The Labute approximate surface area is 171 Å². The lowest BCUT2D eigenvalue weighted by Crippen LogP contribution is -2.40. The highest BCUT2D eigenvalue weighted by Gasteiger charge is 2.53. The molecule has 0 radical (unpaired) electrons. The van der Waals surface area contributed by atoms with Crippen molar-refractivity contribution in [2.75, 3.05) is 0 Å². The molecular formula is C26H26O3. The Hall–Kier alpha value is -2.81. The zero-order valence-electron chi connectivity index (χ0n) is 17.4. The number of allylic oxidation sites excluding steroid dienone is 14. The van der Waals surface area contributed by atoms with E-state index in [0.29, 0.717) is 23.0 Å². The molecule has 0 saturated heterocycles. The lowest BCUT2D eigenvalue weighted by Gasteiger charge is -2.39. The number of ketones is 3. The van der Waals surface area contributed by atoms with E-state index in [2.05, 4.69) is 39.8 Å². The molecule has 0 saturated carbocycles. The highest BCUT2D eigenvalue weighted by Crippen LogP contribution is 2.56. The van der Waals surface area contributed by atoms with Gasteiger partial charge in [-0.25, -0.2) is 0 Å². The van der Waals surface area contributed by atoms with E-state index in [9.17, 15) is 14.4 Å². The van der Waals surface area contributed by atoms with Crippen LogP contribution in [-0.2, 0) is 14.4 Å². The number of rotatable bonds is 4. The Morgan fingerprint density at radius 3 is 2.31 bits per heavy atom. The fourth-order valence-corrected chi connectivity index (χ4v) is 4.59. The Bertz CT molecular complexity index is 1040. The van der Waals surface area contributed by atoms with Crippen molar-refractivity contribution >= 4 is 17.3 Å². The average molecular weight is 386 g/mol. The zero-order chi connectivity index (χ0) is 20.9. The van der Waals surface area contributed by atoms with Gasteiger partial charge in [-0.1, -0.05) is 64.2 Å². The van der Waals surface area contributed by atoms with Crippen molar-refractivity contribution in [3.8, 4) is 0 Å². The van der Waals surface area contributed by atoms with Crippen LogP contribution < -0.4 is 0 Å². The third-order valence-electron chi connectivity index (χ3n) is 6.73. The Morgan fingerprint density at radius 2 is 1.59 bits per heavy atom. The molecule has 0 aromatic rings. The van der Waals surface area contributed by atoms with E-state index >= 15 is 0 Å². The maximum absolute atomic E-state index is 13.2. The molecule has 29 heavy (non-hydrogen) atoms. The van der Waals surface area contributed by atoms with Gasteiger partial charge in [0.25, 0.3) is 0 Å². The van der Waals surface area contributed by atoms with Crippen LogP contribution in [0, 0.1) is 23.2 Å². The molecule has 3 atom stereocenters. The SMILES string of the molecule is CC(C)[C@@H](C)/C=C/[C@@H](C)C1=C2C=CC3=C4C=CC(=O)C=C4C(=O)CC32C(=O)C=C1. The standard InChI is InChI=1S/C26H26O3/c1-15(2)16(3)5-6-17(4)19-9-12-25(29)26-14-24(28)21-13-18(27)7-8-20(21)23(26)11-10-22(19)26/h5-13,15-17H,14H2,1-4H3/b6-5+/t16-,17+,26?/m0/s1. The van der Waals surface area contributed by atoms with Gasteiger partial charge in [0.1, 0.15) is 0 Å². The van der Waals surface area contributed by atoms with Gasteiger partial charge >= 0.3 is 0 Å². The van der Waals surface area contributed by atoms with Crippen molar-refractivity contribution in [3.63, 3.8) is 0 Å². The number of carbonyl (C=O) groups excluding carboxylic acids is 3. The normalized spacial score (nSPS) is 27.6. The van der Waals surface area contributed by atoms with Crippen LogP contribution in [0.5, 0.6) is 0 Å². The molecule has 4 aliphatic carbocycles. The molecular weight excluding hydrogens is 360 g/mol. The van der Waals surface area contributed by atoms with E-state index in [1.165, 1.54) is 12.2 Å². The minimum absolute atomic E-state index is 0.0480. The predicted octanol–water partition coefficient (Wildman–Crippen LogP) is 4.80. The molecule has 0 aliphatic heterocycles. The fraction of sp³-hybridized carbons (Fsp3) is 0.346. The lowest BCUT2D eigenvalue weighted by atomic mass is 9.61. The summed E-state index contributed by atoms with van der Waals surface area (Å²) in [5.74, 6) is 0.805. The fourth-order valence-electron chi connectivity index (χ4n) is 4.59. The molecule has 3 nitrogen and oxygen atoms in total. The second-order valence-electron chi connectivity index (χ2n) is 8.80. The van der Waals surface area contributed by atoms with Crippen LogP contribution in [-0.4, -0.2) is 17.3 Å². The summed E-state index contributed by atoms with van der Waals surface area (Å²) in [6, 6.07) is 0. The number of carbonyl (C=O) groups is 3. The monoisotopic (exact) mass is 386 g/mol. The van der Waals surface area contributed by atoms with Crippen LogP contribution in [0.2, 0.25) is 0 Å². The first-order valence-electron chi connectivity index (χ1n) is 10.3. The van der Waals surface area contributed by atoms with Crippen molar-refractivity contribution in [1.29, 1.82) is 0 Å². The minimum Gasteiger partial charge on any atom is -0.294 e. The summed E-state index contributed by atoms with van der Waals surface area (Å²) in [5, 5.41) is 0. The minimum atomic E-state index is -0.940. The third-order valence-corrected chi connectivity index (χ3v) is 6.73. The number of hydrogen-bond acceptors (Lipinski definition) is 3. The van der Waals surface area contributed by atoms with Gasteiger partial charge in [0.05, 0.1) is 5.41 Å². The van der Waals surface area contributed by atoms with Gasteiger partial charge in [-0.2, -0.15) is 0 Å². The zero-order valence-corrected chi connectivity index (χ0v) is 17.4. The summed E-state index contributed by atoms with van der Waals surface area (Å²) in [7, 11) is 0. The van der Waals surface area contributed by atoms with Crippen molar-refractivity contribution in [2.24, 2.45) is 23.2 Å². The van der Waals surface area contributed by atoms with Gasteiger partial charge in [0.15, 0.2) is 17.3 Å². The molecule has 1 unspecified atom stereocenters. The maximum Gasteiger partial charge on any atom is 0.179 e. The predicted molar refractivity (Wildman–Crippen MR) is 114 cm³/mol. The van der Waals surface area contributed by atoms with E-state index in [-0.39, 0.29) is 29.7 Å². The molecule has 0 N–H and O–H groups in total.